The number of benzene rings is 4. The molecule has 0 bridgehead atoms. The standard InChI is InChI=1S/C38H34N4O/c1-37(2,3)24-20-28-27-17-16-26(22-33(27)42-34(28)30(21-24)38(4,5)29-13-10-18-39-36(29)42)43-25-12-9-11-23(19-25)35-40-31-14-7-8-15-32(31)41(35)6/h7-22H,1-6H3. The molecule has 0 saturated heterocycles. The van der Waals surface area contributed by atoms with Crippen LogP contribution in [0.15, 0.2) is 97.2 Å². The van der Waals surface area contributed by atoms with E-state index < -0.39 is 0 Å². The van der Waals surface area contributed by atoms with Crippen LogP contribution in [0, 0.1) is 0 Å². The third kappa shape index (κ3) is 3.77. The van der Waals surface area contributed by atoms with E-state index in [2.05, 4.69) is 105 Å². The molecule has 5 nitrogen and oxygen atoms in total. The molecule has 0 atom stereocenters. The van der Waals surface area contributed by atoms with Gasteiger partial charge in [-0.1, -0.05) is 71.0 Å². The third-order valence-electron chi connectivity index (χ3n) is 9.16. The maximum absolute atomic E-state index is 6.54. The Hall–Kier alpha value is -4.90. The Morgan fingerprint density at radius 1 is 0.744 bits per heavy atom. The van der Waals surface area contributed by atoms with Gasteiger partial charge in [-0.2, -0.15) is 0 Å². The lowest BCUT2D eigenvalue weighted by molar-refractivity contribution is 0.483. The molecule has 1 aliphatic rings. The first-order chi connectivity index (χ1) is 20.6. The number of aryl methyl sites for hydroxylation is 1. The second kappa shape index (κ2) is 8.81. The van der Waals surface area contributed by atoms with Crippen molar-refractivity contribution in [2.75, 3.05) is 0 Å². The van der Waals surface area contributed by atoms with E-state index in [0.717, 1.165) is 45.3 Å². The maximum atomic E-state index is 6.54. The van der Waals surface area contributed by atoms with Gasteiger partial charge in [0.05, 0.1) is 22.1 Å². The predicted molar refractivity (Wildman–Crippen MR) is 176 cm³/mol. The minimum Gasteiger partial charge on any atom is -0.457 e. The fraction of sp³-hybridized carbons (Fsp3) is 0.211. The summed E-state index contributed by atoms with van der Waals surface area (Å²) in [5.41, 5.74) is 9.20. The van der Waals surface area contributed by atoms with Crippen LogP contribution in [0.2, 0.25) is 0 Å². The SMILES string of the molecule is Cn1c(-c2cccc(Oc3ccc4c5cc(C(C)(C)C)cc6c5n(c4c3)-c3ncccc3C6(C)C)c2)nc2ccccc21. The number of pyridine rings is 1. The molecule has 3 aromatic heterocycles. The second-order valence-electron chi connectivity index (χ2n) is 13.3. The highest BCUT2D eigenvalue weighted by atomic mass is 16.5. The first-order valence-electron chi connectivity index (χ1n) is 14.9. The van der Waals surface area contributed by atoms with Crippen LogP contribution in [0.3, 0.4) is 0 Å². The van der Waals surface area contributed by atoms with Gasteiger partial charge < -0.3 is 9.30 Å². The minimum atomic E-state index is -0.178. The van der Waals surface area contributed by atoms with Gasteiger partial charge >= 0.3 is 0 Å². The largest absolute Gasteiger partial charge is 0.457 e. The van der Waals surface area contributed by atoms with Crippen LogP contribution in [-0.4, -0.2) is 19.1 Å². The molecule has 0 N–H and O–H groups in total. The monoisotopic (exact) mass is 562 g/mol. The van der Waals surface area contributed by atoms with Crippen molar-refractivity contribution in [1.29, 1.82) is 0 Å². The number of imidazole rings is 1. The molecule has 0 fully saturated rings. The van der Waals surface area contributed by atoms with Crippen molar-refractivity contribution in [3.05, 3.63) is 114 Å². The van der Waals surface area contributed by atoms with E-state index in [9.17, 15) is 0 Å². The number of hydrogen-bond acceptors (Lipinski definition) is 3. The lowest BCUT2D eigenvalue weighted by atomic mass is 9.73. The van der Waals surface area contributed by atoms with E-state index in [4.69, 9.17) is 14.7 Å². The number of hydrogen-bond donors (Lipinski definition) is 0. The summed E-state index contributed by atoms with van der Waals surface area (Å²) in [7, 11) is 2.06. The molecule has 0 unspecified atom stereocenters. The first-order valence-corrected chi connectivity index (χ1v) is 14.9. The summed E-state index contributed by atoms with van der Waals surface area (Å²) in [6.45, 7) is 11.5. The van der Waals surface area contributed by atoms with Crippen LogP contribution < -0.4 is 4.74 Å². The molecule has 7 aromatic rings. The Balaban J connectivity index is 1.29. The molecule has 8 rings (SSSR count). The predicted octanol–water partition coefficient (Wildman–Crippen LogP) is 9.46. The number of rotatable bonds is 3. The minimum absolute atomic E-state index is 0.0253. The van der Waals surface area contributed by atoms with Gasteiger partial charge in [-0.25, -0.2) is 9.97 Å². The quantitative estimate of drug-likeness (QED) is 0.215. The van der Waals surface area contributed by atoms with Crippen LogP contribution in [-0.2, 0) is 17.9 Å². The van der Waals surface area contributed by atoms with Crippen molar-refractivity contribution in [3.8, 4) is 28.7 Å². The highest BCUT2D eigenvalue weighted by molar-refractivity contribution is 6.12. The van der Waals surface area contributed by atoms with Crippen molar-refractivity contribution < 1.29 is 4.74 Å². The molecule has 5 heteroatoms. The second-order valence-corrected chi connectivity index (χ2v) is 13.3. The number of aromatic nitrogens is 4. The van der Waals surface area contributed by atoms with Crippen LogP contribution in [0.1, 0.15) is 51.3 Å². The van der Waals surface area contributed by atoms with E-state index in [1.165, 1.54) is 33.0 Å². The van der Waals surface area contributed by atoms with Gasteiger partial charge in [0.2, 0.25) is 0 Å². The Bertz CT molecular complexity index is 2240. The average Bonchev–Trinajstić information content (AvgIpc) is 3.50. The van der Waals surface area contributed by atoms with Crippen molar-refractivity contribution in [2.24, 2.45) is 7.05 Å². The van der Waals surface area contributed by atoms with Crippen LogP contribution in [0.4, 0.5) is 0 Å². The first kappa shape index (κ1) is 25.8. The summed E-state index contributed by atoms with van der Waals surface area (Å²) in [4.78, 5) is 9.82. The van der Waals surface area contributed by atoms with E-state index in [0.29, 0.717) is 0 Å². The number of nitrogens with zero attached hydrogens (tertiary/aromatic N) is 4. The lowest BCUT2D eigenvalue weighted by Gasteiger charge is -2.35. The zero-order valence-corrected chi connectivity index (χ0v) is 25.4. The van der Waals surface area contributed by atoms with E-state index >= 15 is 0 Å². The zero-order chi connectivity index (χ0) is 29.7. The molecule has 1 aliphatic heterocycles. The van der Waals surface area contributed by atoms with E-state index in [1.54, 1.807) is 0 Å². The number of fused-ring (bicyclic) bond motifs is 6. The van der Waals surface area contributed by atoms with Gasteiger partial charge in [-0.3, -0.25) is 4.57 Å². The van der Waals surface area contributed by atoms with Crippen molar-refractivity contribution in [3.63, 3.8) is 0 Å². The molecular formula is C38H34N4O. The molecule has 0 amide bonds. The maximum Gasteiger partial charge on any atom is 0.141 e. The smallest absolute Gasteiger partial charge is 0.141 e. The van der Waals surface area contributed by atoms with Gasteiger partial charge in [0.1, 0.15) is 23.1 Å². The topological polar surface area (TPSA) is 44.9 Å². The fourth-order valence-electron chi connectivity index (χ4n) is 6.76. The Morgan fingerprint density at radius 3 is 2.37 bits per heavy atom. The summed E-state index contributed by atoms with van der Waals surface area (Å²) in [5, 5.41) is 2.47. The van der Waals surface area contributed by atoms with Gasteiger partial charge in [0.25, 0.3) is 0 Å². The van der Waals surface area contributed by atoms with Crippen LogP contribution >= 0.6 is 0 Å². The van der Waals surface area contributed by atoms with Gasteiger partial charge in [-0.15, -0.1) is 0 Å². The normalized spacial score (nSPS) is 14.0. The van der Waals surface area contributed by atoms with Gasteiger partial charge in [0, 0.05) is 46.6 Å². The summed E-state index contributed by atoms with van der Waals surface area (Å²) in [5.74, 6) is 3.46. The molecule has 4 heterocycles. The lowest BCUT2D eigenvalue weighted by Crippen LogP contribution is -2.28. The van der Waals surface area contributed by atoms with Crippen LogP contribution in [0.25, 0.3) is 50.0 Å². The molecule has 4 aromatic carbocycles. The fourth-order valence-corrected chi connectivity index (χ4v) is 6.76. The van der Waals surface area contributed by atoms with Crippen LogP contribution in [0.5, 0.6) is 11.5 Å². The number of ether oxygens (including phenoxy) is 1. The molecule has 0 aliphatic carbocycles. The molecule has 212 valence electrons. The van der Waals surface area contributed by atoms with Crippen molar-refractivity contribution >= 4 is 32.8 Å². The molecule has 0 saturated carbocycles. The summed E-state index contributed by atoms with van der Waals surface area (Å²) in [6.07, 6.45) is 1.90. The Labute approximate surface area is 251 Å². The highest BCUT2D eigenvalue weighted by Gasteiger charge is 2.37. The molecule has 43 heavy (non-hydrogen) atoms. The van der Waals surface area contributed by atoms with Crippen molar-refractivity contribution in [2.45, 2.75) is 45.4 Å². The molecule has 0 spiro atoms. The highest BCUT2D eigenvalue weighted by Crippen LogP contribution is 2.48. The summed E-state index contributed by atoms with van der Waals surface area (Å²) in [6, 6.07) is 31.9. The van der Waals surface area contributed by atoms with E-state index in [1.807, 2.05) is 42.6 Å². The molecular weight excluding hydrogens is 528 g/mol. The van der Waals surface area contributed by atoms with Gasteiger partial charge in [0.15, 0.2) is 0 Å². The van der Waals surface area contributed by atoms with Gasteiger partial charge in [-0.05, 0) is 65.1 Å². The van der Waals surface area contributed by atoms with Crippen molar-refractivity contribution in [1.82, 2.24) is 19.1 Å². The summed E-state index contributed by atoms with van der Waals surface area (Å²) >= 11 is 0. The zero-order valence-electron chi connectivity index (χ0n) is 25.4. The van der Waals surface area contributed by atoms with E-state index in [-0.39, 0.29) is 10.8 Å². The Morgan fingerprint density at radius 2 is 1.56 bits per heavy atom. The molecule has 0 radical (unpaired) electrons. The third-order valence-corrected chi connectivity index (χ3v) is 9.16. The Kier molecular flexibility index (Phi) is 5.28. The average molecular weight is 563 g/mol. The summed E-state index contributed by atoms with van der Waals surface area (Å²) < 4.78 is 11.0. The number of para-hydroxylation sites is 2.